The highest BCUT2D eigenvalue weighted by atomic mass is 35.5. The van der Waals surface area contributed by atoms with Crippen LogP contribution in [0.5, 0.6) is 0 Å². The van der Waals surface area contributed by atoms with Crippen molar-refractivity contribution in [1.82, 2.24) is 19.7 Å². The average molecular weight is 583 g/mol. The van der Waals surface area contributed by atoms with Crippen LogP contribution in [-0.2, 0) is 14.8 Å². The van der Waals surface area contributed by atoms with Gasteiger partial charge in [-0.1, -0.05) is 53.7 Å². The molecule has 2 aromatic heterocycles. The Bertz CT molecular complexity index is 1660. The Hall–Kier alpha value is -3.71. The van der Waals surface area contributed by atoms with Crippen LogP contribution in [0.2, 0.25) is 5.02 Å². The highest BCUT2D eigenvalue weighted by Crippen LogP contribution is 2.32. The van der Waals surface area contributed by atoms with Crippen LogP contribution in [0.15, 0.2) is 100 Å². The van der Waals surface area contributed by atoms with Gasteiger partial charge in [-0.2, -0.15) is 0 Å². The molecule has 0 spiro atoms. The first-order valence-electron chi connectivity index (χ1n) is 11.1. The van der Waals surface area contributed by atoms with Gasteiger partial charge < -0.3 is 5.32 Å². The number of amides is 1. The third kappa shape index (κ3) is 5.89. The molecule has 0 atom stereocenters. The van der Waals surface area contributed by atoms with E-state index in [1.165, 1.54) is 53.6 Å². The standard InChI is InChI=1S/C25H19ClN6O3S3/c26-21-9-5-4-8-20(21)23-29-30-25(32(23)18-6-2-1-3-7-18)37-16-22(33)28-17-10-12-19(13-11-17)38(34,35)31-24-27-14-15-36-24/h1-15H,16H2,(H,27,31)(H,28,33). The summed E-state index contributed by atoms with van der Waals surface area (Å²) in [4.78, 5) is 16.7. The third-order valence-electron chi connectivity index (χ3n) is 5.20. The molecule has 0 unspecified atom stereocenters. The minimum Gasteiger partial charge on any atom is -0.325 e. The molecular weight excluding hydrogens is 564 g/mol. The quantitative estimate of drug-likeness (QED) is 0.218. The summed E-state index contributed by atoms with van der Waals surface area (Å²) in [5.41, 5.74) is 2.02. The zero-order valence-electron chi connectivity index (χ0n) is 19.5. The number of nitrogens with one attached hydrogen (secondary N) is 2. The van der Waals surface area contributed by atoms with E-state index in [4.69, 9.17) is 11.6 Å². The van der Waals surface area contributed by atoms with Crippen molar-refractivity contribution < 1.29 is 13.2 Å². The Morgan fingerprint density at radius 2 is 1.71 bits per heavy atom. The van der Waals surface area contributed by atoms with Gasteiger partial charge in [0, 0.05) is 28.5 Å². The van der Waals surface area contributed by atoms with Gasteiger partial charge in [0.2, 0.25) is 5.91 Å². The van der Waals surface area contributed by atoms with E-state index in [2.05, 4.69) is 25.2 Å². The van der Waals surface area contributed by atoms with E-state index < -0.39 is 10.0 Å². The van der Waals surface area contributed by atoms with Crippen molar-refractivity contribution in [3.05, 3.63) is 95.5 Å². The molecule has 0 aliphatic heterocycles. The summed E-state index contributed by atoms with van der Waals surface area (Å²) in [6.07, 6.45) is 1.51. The second kappa shape index (κ2) is 11.4. The first kappa shape index (κ1) is 25.9. The van der Waals surface area contributed by atoms with Crippen molar-refractivity contribution in [1.29, 1.82) is 0 Å². The first-order chi connectivity index (χ1) is 18.4. The van der Waals surface area contributed by atoms with Gasteiger partial charge in [-0.15, -0.1) is 21.5 Å². The molecule has 0 radical (unpaired) electrons. The molecule has 3 aromatic carbocycles. The highest BCUT2D eigenvalue weighted by Gasteiger charge is 2.19. The third-order valence-corrected chi connectivity index (χ3v) is 8.63. The summed E-state index contributed by atoms with van der Waals surface area (Å²) in [7, 11) is -3.78. The number of benzene rings is 3. The number of rotatable bonds is 9. The van der Waals surface area contributed by atoms with Crippen LogP contribution in [0.4, 0.5) is 10.8 Å². The maximum atomic E-state index is 12.7. The lowest BCUT2D eigenvalue weighted by Crippen LogP contribution is -2.15. The molecule has 9 nitrogen and oxygen atoms in total. The molecule has 5 rings (SSSR count). The van der Waals surface area contributed by atoms with Crippen LogP contribution in [0.3, 0.4) is 0 Å². The zero-order chi connectivity index (χ0) is 26.5. The number of carbonyl (C=O) groups excluding carboxylic acids is 1. The number of carbonyl (C=O) groups is 1. The Morgan fingerprint density at radius 1 is 0.974 bits per heavy atom. The molecule has 2 N–H and O–H groups in total. The number of nitrogens with zero attached hydrogens (tertiary/aromatic N) is 4. The topological polar surface area (TPSA) is 119 Å². The largest absolute Gasteiger partial charge is 0.325 e. The van der Waals surface area contributed by atoms with Crippen LogP contribution < -0.4 is 10.0 Å². The van der Waals surface area contributed by atoms with Crippen LogP contribution in [0.25, 0.3) is 17.1 Å². The molecular formula is C25H19ClN6O3S3. The molecule has 0 fully saturated rings. The number of hydrogen-bond donors (Lipinski definition) is 2. The molecule has 0 aliphatic carbocycles. The summed E-state index contributed by atoms with van der Waals surface area (Å²) in [5.74, 6) is 0.334. The maximum Gasteiger partial charge on any atom is 0.263 e. The molecule has 192 valence electrons. The fraction of sp³-hybridized carbons (Fsp3) is 0.0400. The molecule has 5 aromatic rings. The first-order valence-corrected chi connectivity index (χ1v) is 14.8. The Labute approximate surface area is 232 Å². The van der Waals surface area contributed by atoms with Gasteiger partial charge >= 0.3 is 0 Å². The van der Waals surface area contributed by atoms with Gasteiger partial charge in [-0.05, 0) is 48.5 Å². The summed E-state index contributed by atoms with van der Waals surface area (Å²) in [6, 6.07) is 22.8. The molecule has 2 heterocycles. The number of anilines is 2. The average Bonchev–Trinajstić information content (AvgIpc) is 3.58. The van der Waals surface area contributed by atoms with Crippen LogP contribution in [-0.4, -0.2) is 39.8 Å². The monoisotopic (exact) mass is 582 g/mol. The number of aromatic nitrogens is 4. The lowest BCUT2D eigenvalue weighted by molar-refractivity contribution is -0.113. The van der Waals surface area contributed by atoms with Crippen LogP contribution in [0.1, 0.15) is 0 Å². The fourth-order valence-electron chi connectivity index (χ4n) is 3.48. The lowest BCUT2D eigenvalue weighted by Gasteiger charge is -2.11. The second-order valence-corrected chi connectivity index (χ2v) is 11.7. The van der Waals surface area contributed by atoms with Gasteiger partial charge in [0.25, 0.3) is 10.0 Å². The predicted octanol–water partition coefficient (Wildman–Crippen LogP) is 5.58. The molecule has 0 saturated heterocycles. The van der Waals surface area contributed by atoms with E-state index in [-0.39, 0.29) is 21.7 Å². The van der Waals surface area contributed by atoms with Gasteiger partial charge in [0.15, 0.2) is 16.1 Å². The zero-order valence-corrected chi connectivity index (χ0v) is 22.7. The highest BCUT2D eigenvalue weighted by molar-refractivity contribution is 7.99. The van der Waals surface area contributed by atoms with E-state index >= 15 is 0 Å². The summed E-state index contributed by atoms with van der Waals surface area (Å²) in [5, 5.41) is 14.5. The normalized spacial score (nSPS) is 11.3. The molecule has 38 heavy (non-hydrogen) atoms. The Morgan fingerprint density at radius 3 is 2.42 bits per heavy atom. The summed E-state index contributed by atoms with van der Waals surface area (Å²) >= 11 is 8.83. The molecule has 0 bridgehead atoms. The van der Waals surface area contributed by atoms with Gasteiger partial charge in [0.05, 0.1) is 15.7 Å². The lowest BCUT2D eigenvalue weighted by atomic mass is 10.2. The van der Waals surface area contributed by atoms with Gasteiger partial charge in [-0.25, -0.2) is 13.4 Å². The van der Waals surface area contributed by atoms with Crippen molar-refractivity contribution in [2.45, 2.75) is 10.1 Å². The summed E-state index contributed by atoms with van der Waals surface area (Å²) in [6.45, 7) is 0. The molecule has 1 amide bonds. The number of halogens is 1. The number of thioether (sulfide) groups is 1. The smallest absolute Gasteiger partial charge is 0.263 e. The molecule has 13 heteroatoms. The number of sulfonamides is 1. The minimum atomic E-state index is -3.78. The van der Waals surface area contributed by atoms with Gasteiger partial charge in [0.1, 0.15) is 0 Å². The van der Waals surface area contributed by atoms with E-state index in [0.29, 0.717) is 21.7 Å². The SMILES string of the molecule is O=C(CSc1nnc(-c2ccccc2Cl)n1-c1ccccc1)Nc1ccc(S(=O)(=O)Nc2nccs2)cc1. The van der Waals surface area contributed by atoms with Gasteiger partial charge in [-0.3, -0.25) is 14.1 Å². The summed E-state index contributed by atoms with van der Waals surface area (Å²) < 4.78 is 29.3. The van der Waals surface area contributed by atoms with Crippen molar-refractivity contribution in [3.8, 4) is 17.1 Å². The minimum absolute atomic E-state index is 0.0547. The molecule has 0 saturated carbocycles. The van der Waals surface area contributed by atoms with Crippen molar-refractivity contribution in [2.24, 2.45) is 0 Å². The number of para-hydroxylation sites is 1. The maximum absolute atomic E-state index is 12.7. The predicted molar refractivity (Wildman–Crippen MR) is 151 cm³/mol. The van der Waals surface area contributed by atoms with Crippen molar-refractivity contribution >= 4 is 61.4 Å². The van der Waals surface area contributed by atoms with Crippen molar-refractivity contribution in [2.75, 3.05) is 15.8 Å². The van der Waals surface area contributed by atoms with E-state index in [9.17, 15) is 13.2 Å². The number of thiazole rings is 1. The number of hydrogen-bond acceptors (Lipinski definition) is 8. The van der Waals surface area contributed by atoms with E-state index in [1.54, 1.807) is 11.4 Å². The Kier molecular flexibility index (Phi) is 7.74. The second-order valence-electron chi connectivity index (χ2n) is 7.76. The Balaban J connectivity index is 1.29. The fourth-order valence-corrected chi connectivity index (χ4v) is 6.24. The van der Waals surface area contributed by atoms with E-state index in [0.717, 1.165) is 11.3 Å². The van der Waals surface area contributed by atoms with Crippen LogP contribution in [0, 0.1) is 0 Å². The van der Waals surface area contributed by atoms with E-state index in [1.807, 2.05) is 53.1 Å². The molecule has 0 aliphatic rings. The van der Waals surface area contributed by atoms with Crippen LogP contribution >= 0.6 is 34.7 Å². The van der Waals surface area contributed by atoms with Crippen molar-refractivity contribution in [3.63, 3.8) is 0 Å².